The van der Waals surface area contributed by atoms with Crippen LogP contribution in [0.2, 0.25) is 0 Å². The molecule has 1 saturated heterocycles. The lowest BCUT2D eigenvalue weighted by Crippen LogP contribution is -2.51. The minimum Gasteiger partial charge on any atom is -0.314 e. The first kappa shape index (κ1) is 16.3. The summed E-state index contributed by atoms with van der Waals surface area (Å²) in [6, 6.07) is 12.4. The van der Waals surface area contributed by atoms with Crippen molar-refractivity contribution in [3.05, 3.63) is 59.9 Å². The molecule has 25 heavy (non-hydrogen) atoms. The molecule has 2 aromatic rings. The topological polar surface area (TPSA) is 36.4 Å². The fourth-order valence-corrected chi connectivity index (χ4v) is 4.50. The van der Waals surface area contributed by atoms with Gasteiger partial charge in [0.1, 0.15) is 0 Å². The summed E-state index contributed by atoms with van der Waals surface area (Å²) < 4.78 is 0. The molecule has 1 amide bonds. The van der Waals surface area contributed by atoms with E-state index in [1.807, 2.05) is 36.5 Å². The summed E-state index contributed by atoms with van der Waals surface area (Å²) in [6.07, 6.45) is 7.96. The van der Waals surface area contributed by atoms with E-state index in [9.17, 15) is 4.79 Å². The van der Waals surface area contributed by atoms with Crippen molar-refractivity contribution in [1.82, 2.24) is 9.88 Å². The number of likely N-dealkylation sites (tertiary alicyclic amines) is 1. The number of benzene rings is 1. The van der Waals surface area contributed by atoms with Crippen LogP contribution in [0.25, 0.3) is 0 Å². The average Bonchev–Trinajstić information content (AvgIpc) is 2.86. The van der Waals surface area contributed by atoms with Gasteiger partial charge in [-0.15, -0.1) is 0 Å². The number of nitrogens with zero attached hydrogens (tertiary/aromatic N) is 3. The van der Waals surface area contributed by atoms with Crippen LogP contribution in [0, 0.1) is 0 Å². The first-order valence-electron chi connectivity index (χ1n) is 9.20. The van der Waals surface area contributed by atoms with Gasteiger partial charge in [0.25, 0.3) is 0 Å². The predicted octanol–water partition coefficient (Wildman–Crippen LogP) is 3.02. The third-order valence-electron chi connectivity index (χ3n) is 5.73. The summed E-state index contributed by atoms with van der Waals surface area (Å²) in [5, 5.41) is 0. The lowest BCUT2D eigenvalue weighted by Gasteiger charge is -2.39. The minimum atomic E-state index is -0.335. The van der Waals surface area contributed by atoms with E-state index >= 15 is 0 Å². The number of amides is 1. The Morgan fingerprint density at radius 2 is 2.08 bits per heavy atom. The number of aromatic nitrogens is 1. The highest BCUT2D eigenvalue weighted by Gasteiger charge is 2.51. The largest absolute Gasteiger partial charge is 0.314 e. The molecular weight excluding hydrogens is 310 g/mol. The number of likely N-dealkylation sites (N-methyl/N-ethyl adjacent to an activating group) is 1. The maximum absolute atomic E-state index is 13.1. The van der Waals surface area contributed by atoms with Crippen LogP contribution >= 0.6 is 0 Å². The number of hydrogen-bond donors (Lipinski definition) is 0. The zero-order chi connectivity index (χ0) is 17.3. The van der Waals surface area contributed by atoms with Crippen molar-refractivity contribution in [3.63, 3.8) is 0 Å². The van der Waals surface area contributed by atoms with Crippen molar-refractivity contribution in [2.75, 3.05) is 31.6 Å². The van der Waals surface area contributed by atoms with Crippen molar-refractivity contribution in [2.24, 2.45) is 0 Å². The Kier molecular flexibility index (Phi) is 4.30. The highest BCUT2D eigenvalue weighted by molar-refractivity contribution is 6.08. The van der Waals surface area contributed by atoms with E-state index in [2.05, 4.69) is 34.1 Å². The van der Waals surface area contributed by atoms with E-state index in [0.29, 0.717) is 0 Å². The summed E-state index contributed by atoms with van der Waals surface area (Å²) in [6.45, 7) is 2.98. The van der Waals surface area contributed by atoms with E-state index in [4.69, 9.17) is 0 Å². The number of carbonyl (C=O) groups is 1. The van der Waals surface area contributed by atoms with Crippen molar-refractivity contribution in [2.45, 2.75) is 31.1 Å². The van der Waals surface area contributed by atoms with E-state index in [1.165, 1.54) is 11.1 Å². The Morgan fingerprint density at radius 1 is 1.20 bits per heavy atom. The molecule has 2 aliphatic rings. The van der Waals surface area contributed by atoms with Gasteiger partial charge in [0.05, 0.1) is 5.41 Å². The van der Waals surface area contributed by atoms with Crippen molar-refractivity contribution in [1.29, 1.82) is 0 Å². The summed E-state index contributed by atoms with van der Waals surface area (Å²) in [4.78, 5) is 21.6. The average molecular weight is 335 g/mol. The number of piperidine rings is 1. The zero-order valence-electron chi connectivity index (χ0n) is 14.8. The van der Waals surface area contributed by atoms with Gasteiger partial charge in [0.2, 0.25) is 5.91 Å². The van der Waals surface area contributed by atoms with Crippen LogP contribution in [0.15, 0.2) is 48.8 Å². The van der Waals surface area contributed by atoms with E-state index < -0.39 is 0 Å². The number of fused-ring (bicyclic) bond motifs is 2. The van der Waals surface area contributed by atoms with Gasteiger partial charge in [0.15, 0.2) is 0 Å². The zero-order valence-corrected chi connectivity index (χ0v) is 14.8. The molecule has 1 atom stereocenters. The van der Waals surface area contributed by atoms with Crippen molar-refractivity contribution < 1.29 is 4.79 Å². The van der Waals surface area contributed by atoms with Crippen LogP contribution in [0.1, 0.15) is 30.4 Å². The number of hydrogen-bond acceptors (Lipinski definition) is 3. The van der Waals surface area contributed by atoms with Crippen molar-refractivity contribution >= 4 is 11.6 Å². The molecule has 1 spiro atoms. The number of aryl methyl sites for hydroxylation is 1. The molecule has 4 rings (SSSR count). The number of pyridine rings is 1. The van der Waals surface area contributed by atoms with Gasteiger partial charge < -0.3 is 9.80 Å². The van der Waals surface area contributed by atoms with Crippen LogP contribution in [0.4, 0.5) is 5.69 Å². The van der Waals surface area contributed by atoms with Crippen LogP contribution in [-0.4, -0.2) is 42.5 Å². The highest BCUT2D eigenvalue weighted by atomic mass is 16.2. The highest BCUT2D eigenvalue weighted by Crippen LogP contribution is 2.46. The number of rotatable bonds is 4. The Balaban J connectivity index is 1.47. The first-order chi connectivity index (χ1) is 12.2. The molecule has 1 unspecified atom stereocenters. The van der Waals surface area contributed by atoms with Gasteiger partial charge in [-0.3, -0.25) is 9.78 Å². The molecule has 4 nitrogen and oxygen atoms in total. The molecule has 3 heterocycles. The Labute approximate surface area is 149 Å². The molecule has 1 fully saturated rings. The number of para-hydroxylation sites is 1. The summed E-state index contributed by atoms with van der Waals surface area (Å²) in [5.74, 6) is 0.269. The SMILES string of the molecule is CN1C(=O)C2(CCCN(CCCc3cccnc3)C2)c2ccccc21. The number of carbonyl (C=O) groups excluding carboxylic acids is 1. The molecule has 2 aliphatic heterocycles. The molecule has 130 valence electrons. The third kappa shape index (κ3) is 2.85. The van der Waals surface area contributed by atoms with Crippen LogP contribution in [0.5, 0.6) is 0 Å². The predicted molar refractivity (Wildman–Crippen MR) is 99.8 cm³/mol. The smallest absolute Gasteiger partial charge is 0.238 e. The summed E-state index contributed by atoms with van der Waals surface area (Å²) in [7, 11) is 1.91. The van der Waals surface area contributed by atoms with Gasteiger partial charge >= 0.3 is 0 Å². The van der Waals surface area contributed by atoms with Gasteiger partial charge in [0, 0.05) is 31.7 Å². The Hall–Kier alpha value is -2.20. The quantitative estimate of drug-likeness (QED) is 0.862. The Morgan fingerprint density at radius 3 is 2.92 bits per heavy atom. The molecule has 1 aromatic carbocycles. The van der Waals surface area contributed by atoms with E-state index in [1.54, 1.807) is 0 Å². The standard InChI is InChI=1S/C21H25N3O/c1-23-19-10-3-2-9-18(19)21(20(23)25)11-6-14-24(16-21)13-5-8-17-7-4-12-22-15-17/h2-4,7,9-10,12,15H,5-6,8,11,13-14,16H2,1H3. The second-order valence-electron chi connectivity index (χ2n) is 7.31. The molecule has 4 heteroatoms. The third-order valence-corrected chi connectivity index (χ3v) is 5.73. The van der Waals surface area contributed by atoms with Crippen molar-refractivity contribution in [3.8, 4) is 0 Å². The minimum absolute atomic E-state index is 0.269. The lowest BCUT2D eigenvalue weighted by atomic mass is 9.75. The molecule has 0 saturated carbocycles. The fraction of sp³-hybridized carbons (Fsp3) is 0.429. The fourth-order valence-electron chi connectivity index (χ4n) is 4.50. The van der Waals surface area contributed by atoms with Crippen LogP contribution < -0.4 is 4.90 Å². The second kappa shape index (κ2) is 6.60. The Bertz CT molecular complexity index is 761. The van der Waals surface area contributed by atoms with E-state index in [-0.39, 0.29) is 11.3 Å². The molecule has 0 radical (unpaired) electrons. The molecule has 0 N–H and O–H groups in total. The summed E-state index contributed by atoms with van der Waals surface area (Å²) >= 11 is 0. The van der Waals surface area contributed by atoms with Gasteiger partial charge in [-0.2, -0.15) is 0 Å². The maximum Gasteiger partial charge on any atom is 0.238 e. The van der Waals surface area contributed by atoms with Gasteiger partial charge in [-0.25, -0.2) is 0 Å². The molecule has 1 aromatic heterocycles. The maximum atomic E-state index is 13.1. The monoisotopic (exact) mass is 335 g/mol. The normalized spacial score (nSPS) is 23.2. The lowest BCUT2D eigenvalue weighted by molar-refractivity contribution is -0.124. The van der Waals surface area contributed by atoms with Gasteiger partial charge in [-0.1, -0.05) is 24.3 Å². The molecule has 0 aliphatic carbocycles. The summed E-state index contributed by atoms with van der Waals surface area (Å²) in [5.41, 5.74) is 3.26. The van der Waals surface area contributed by atoms with Crippen LogP contribution in [-0.2, 0) is 16.6 Å². The van der Waals surface area contributed by atoms with E-state index in [0.717, 1.165) is 51.0 Å². The number of anilines is 1. The van der Waals surface area contributed by atoms with Crippen LogP contribution in [0.3, 0.4) is 0 Å². The van der Waals surface area contributed by atoms with Gasteiger partial charge in [-0.05, 0) is 62.0 Å². The second-order valence-corrected chi connectivity index (χ2v) is 7.31. The molecule has 0 bridgehead atoms. The molecular formula is C21H25N3O. The first-order valence-corrected chi connectivity index (χ1v) is 9.20.